The molecule has 1 N–H and O–H groups in total. The summed E-state index contributed by atoms with van der Waals surface area (Å²) in [6.07, 6.45) is 7.96. The fraction of sp³-hybridized carbons (Fsp3) is 0.647. The Hall–Kier alpha value is -0.890. The molecule has 0 aliphatic heterocycles. The Kier molecular flexibility index (Phi) is 5.84. The van der Waals surface area contributed by atoms with Crippen molar-refractivity contribution in [3.63, 3.8) is 0 Å². The molecule has 0 radical (unpaired) electrons. The highest BCUT2D eigenvalue weighted by Crippen LogP contribution is 2.33. The van der Waals surface area contributed by atoms with Crippen molar-refractivity contribution in [2.75, 3.05) is 13.1 Å². The van der Waals surface area contributed by atoms with E-state index in [1.54, 1.807) is 12.1 Å². The van der Waals surface area contributed by atoms with Crippen LogP contribution in [-0.2, 0) is 0 Å². The molecular formula is C17H26FN. The lowest BCUT2D eigenvalue weighted by atomic mass is 9.88. The van der Waals surface area contributed by atoms with Crippen LogP contribution >= 0.6 is 0 Å². The van der Waals surface area contributed by atoms with Gasteiger partial charge in [-0.15, -0.1) is 0 Å². The molecule has 1 saturated carbocycles. The maximum Gasteiger partial charge on any atom is 0.123 e. The molecule has 1 aliphatic carbocycles. The molecule has 2 rings (SSSR count). The molecular weight excluding hydrogens is 237 g/mol. The van der Waals surface area contributed by atoms with Crippen LogP contribution in [0.15, 0.2) is 24.3 Å². The highest BCUT2D eigenvalue weighted by atomic mass is 19.1. The van der Waals surface area contributed by atoms with E-state index in [4.69, 9.17) is 0 Å². The first-order chi connectivity index (χ1) is 9.29. The second kappa shape index (κ2) is 7.64. The fourth-order valence-corrected chi connectivity index (χ4v) is 3.17. The van der Waals surface area contributed by atoms with Crippen LogP contribution < -0.4 is 5.32 Å². The average molecular weight is 263 g/mol. The lowest BCUT2D eigenvalue weighted by Crippen LogP contribution is -2.23. The maximum atomic E-state index is 13.0. The fourth-order valence-electron chi connectivity index (χ4n) is 3.17. The third kappa shape index (κ3) is 4.61. The molecule has 1 atom stereocenters. The smallest absolute Gasteiger partial charge is 0.123 e. The van der Waals surface area contributed by atoms with Crippen LogP contribution in [0.2, 0.25) is 0 Å². The van der Waals surface area contributed by atoms with Crippen LogP contribution in [0.4, 0.5) is 4.39 Å². The molecule has 1 unspecified atom stereocenters. The standard InChI is InChI=1S/C17H26FN/c1-2-11-19-13-16(12-14-5-3-4-6-14)15-7-9-17(18)10-8-15/h7-10,14,16,19H,2-6,11-13H2,1H3. The first kappa shape index (κ1) is 14.5. The summed E-state index contributed by atoms with van der Waals surface area (Å²) in [6, 6.07) is 7.11. The second-order valence-electron chi connectivity index (χ2n) is 5.84. The van der Waals surface area contributed by atoms with Gasteiger partial charge in [0.15, 0.2) is 0 Å². The number of benzene rings is 1. The highest BCUT2D eigenvalue weighted by molar-refractivity contribution is 5.21. The predicted molar refractivity (Wildman–Crippen MR) is 78.9 cm³/mol. The lowest BCUT2D eigenvalue weighted by molar-refractivity contribution is 0.427. The van der Waals surface area contributed by atoms with Gasteiger partial charge in [0.1, 0.15) is 5.82 Å². The minimum Gasteiger partial charge on any atom is -0.316 e. The third-order valence-electron chi connectivity index (χ3n) is 4.25. The first-order valence-electron chi connectivity index (χ1n) is 7.75. The van der Waals surface area contributed by atoms with Crippen molar-refractivity contribution in [2.24, 2.45) is 5.92 Å². The molecule has 0 heterocycles. The van der Waals surface area contributed by atoms with Crippen LogP contribution in [-0.4, -0.2) is 13.1 Å². The summed E-state index contributed by atoms with van der Waals surface area (Å²) in [5.41, 5.74) is 1.29. The normalized spacial score (nSPS) is 17.8. The molecule has 2 heteroatoms. The zero-order valence-electron chi connectivity index (χ0n) is 12.0. The zero-order valence-corrected chi connectivity index (χ0v) is 12.0. The SMILES string of the molecule is CCCNCC(CC1CCCC1)c1ccc(F)cc1. The largest absolute Gasteiger partial charge is 0.316 e. The second-order valence-corrected chi connectivity index (χ2v) is 5.84. The summed E-state index contributed by atoms with van der Waals surface area (Å²) in [4.78, 5) is 0. The van der Waals surface area contributed by atoms with E-state index in [0.29, 0.717) is 5.92 Å². The van der Waals surface area contributed by atoms with Crippen molar-refractivity contribution >= 4 is 0 Å². The van der Waals surface area contributed by atoms with E-state index in [2.05, 4.69) is 12.2 Å². The molecule has 106 valence electrons. The van der Waals surface area contributed by atoms with Crippen molar-refractivity contribution < 1.29 is 4.39 Å². The Labute approximate surface area is 116 Å². The molecule has 1 fully saturated rings. The van der Waals surface area contributed by atoms with Crippen LogP contribution in [0.5, 0.6) is 0 Å². The van der Waals surface area contributed by atoms with E-state index in [0.717, 1.165) is 19.0 Å². The van der Waals surface area contributed by atoms with E-state index < -0.39 is 0 Å². The van der Waals surface area contributed by atoms with Crippen LogP contribution in [0.1, 0.15) is 56.9 Å². The molecule has 0 aromatic heterocycles. The van der Waals surface area contributed by atoms with E-state index in [1.807, 2.05) is 12.1 Å². The molecule has 1 aliphatic rings. The van der Waals surface area contributed by atoms with Gasteiger partial charge in [-0.1, -0.05) is 44.7 Å². The number of hydrogen-bond donors (Lipinski definition) is 1. The van der Waals surface area contributed by atoms with Crippen LogP contribution in [0.3, 0.4) is 0 Å². The van der Waals surface area contributed by atoms with Gasteiger partial charge in [-0.3, -0.25) is 0 Å². The van der Waals surface area contributed by atoms with Gasteiger partial charge in [0.2, 0.25) is 0 Å². The summed E-state index contributed by atoms with van der Waals surface area (Å²) in [5.74, 6) is 1.28. The minimum absolute atomic E-state index is 0.134. The monoisotopic (exact) mass is 263 g/mol. The predicted octanol–water partition coefficient (Wildman–Crippen LogP) is 4.49. The van der Waals surface area contributed by atoms with Gasteiger partial charge in [-0.25, -0.2) is 4.39 Å². The molecule has 1 aromatic rings. The molecule has 19 heavy (non-hydrogen) atoms. The molecule has 0 saturated heterocycles. The molecule has 0 bridgehead atoms. The highest BCUT2D eigenvalue weighted by Gasteiger charge is 2.21. The van der Waals surface area contributed by atoms with E-state index in [9.17, 15) is 4.39 Å². The van der Waals surface area contributed by atoms with Gasteiger partial charge in [0, 0.05) is 6.54 Å². The van der Waals surface area contributed by atoms with Crippen molar-refractivity contribution in [1.29, 1.82) is 0 Å². The van der Waals surface area contributed by atoms with E-state index >= 15 is 0 Å². The Morgan fingerprint density at radius 3 is 2.53 bits per heavy atom. The summed E-state index contributed by atoms with van der Waals surface area (Å²) in [5, 5.41) is 3.53. The Morgan fingerprint density at radius 2 is 1.89 bits per heavy atom. The summed E-state index contributed by atoms with van der Waals surface area (Å²) in [6.45, 7) is 4.29. The van der Waals surface area contributed by atoms with Gasteiger partial charge >= 0.3 is 0 Å². The molecule has 0 spiro atoms. The Morgan fingerprint density at radius 1 is 1.21 bits per heavy atom. The first-order valence-corrected chi connectivity index (χ1v) is 7.75. The summed E-state index contributed by atoms with van der Waals surface area (Å²) < 4.78 is 13.0. The lowest BCUT2D eigenvalue weighted by Gasteiger charge is -2.21. The number of hydrogen-bond acceptors (Lipinski definition) is 1. The molecule has 0 amide bonds. The maximum absolute atomic E-state index is 13.0. The quantitative estimate of drug-likeness (QED) is 0.715. The molecule has 1 aromatic carbocycles. The van der Waals surface area contributed by atoms with Gasteiger partial charge in [0.25, 0.3) is 0 Å². The minimum atomic E-state index is -0.134. The zero-order chi connectivity index (χ0) is 13.5. The summed E-state index contributed by atoms with van der Waals surface area (Å²) in [7, 11) is 0. The molecule has 1 nitrogen and oxygen atoms in total. The van der Waals surface area contributed by atoms with Gasteiger partial charge in [-0.2, -0.15) is 0 Å². The Bertz CT molecular complexity index is 354. The number of rotatable bonds is 7. The van der Waals surface area contributed by atoms with Crippen molar-refractivity contribution in [3.8, 4) is 0 Å². The van der Waals surface area contributed by atoms with E-state index in [-0.39, 0.29) is 5.82 Å². The van der Waals surface area contributed by atoms with Crippen molar-refractivity contribution in [1.82, 2.24) is 5.32 Å². The Balaban J connectivity index is 1.97. The topological polar surface area (TPSA) is 12.0 Å². The van der Waals surface area contributed by atoms with Gasteiger partial charge in [0.05, 0.1) is 0 Å². The van der Waals surface area contributed by atoms with Crippen LogP contribution in [0, 0.1) is 11.7 Å². The number of halogens is 1. The van der Waals surface area contributed by atoms with Crippen molar-refractivity contribution in [3.05, 3.63) is 35.6 Å². The average Bonchev–Trinajstić information content (AvgIpc) is 2.92. The van der Waals surface area contributed by atoms with E-state index in [1.165, 1.54) is 44.1 Å². The third-order valence-corrected chi connectivity index (χ3v) is 4.25. The van der Waals surface area contributed by atoms with Gasteiger partial charge < -0.3 is 5.32 Å². The van der Waals surface area contributed by atoms with Crippen LogP contribution in [0.25, 0.3) is 0 Å². The van der Waals surface area contributed by atoms with Crippen molar-refractivity contribution in [2.45, 2.75) is 51.4 Å². The summed E-state index contributed by atoms with van der Waals surface area (Å²) >= 11 is 0. The number of nitrogens with one attached hydrogen (secondary N) is 1. The van der Waals surface area contributed by atoms with Gasteiger partial charge in [-0.05, 0) is 48.9 Å².